The lowest BCUT2D eigenvalue weighted by atomic mass is 9.99. The molecule has 0 bridgehead atoms. The Bertz CT molecular complexity index is 738. The summed E-state index contributed by atoms with van der Waals surface area (Å²) in [5, 5.41) is 0. The lowest BCUT2D eigenvalue weighted by Crippen LogP contribution is -2.30. The highest BCUT2D eigenvalue weighted by atomic mass is 16.6. The lowest BCUT2D eigenvalue weighted by Gasteiger charge is -2.18. The summed E-state index contributed by atoms with van der Waals surface area (Å²) >= 11 is 0. The number of rotatable bonds is 38. The van der Waals surface area contributed by atoms with Crippen LogP contribution in [-0.2, 0) is 28.6 Å². The smallest absolute Gasteiger partial charge is 0.306 e. The summed E-state index contributed by atoms with van der Waals surface area (Å²) in [7, 11) is 0. The van der Waals surface area contributed by atoms with Gasteiger partial charge in [-0.1, -0.05) is 195 Å². The van der Waals surface area contributed by atoms with E-state index in [-0.39, 0.29) is 31.1 Å². The molecule has 0 heterocycles. The van der Waals surface area contributed by atoms with Gasteiger partial charge in [0.2, 0.25) is 0 Å². The van der Waals surface area contributed by atoms with Gasteiger partial charge in [-0.3, -0.25) is 14.4 Å². The van der Waals surface area contributed by atoms with Gasteiger partial charge in [-0.15, -0.1) is 0 Å². The largest absolute Gasteiger partial charge is 0.462 e. The maximum Gasteiger partial charge on any atom is 0.306 e. The number of esters is 3. The molecule has 0 aromatic heterocycles. The molecule has 0 aromatic carbocycles. The lowest BCUT2D eigenvalue weighted by molar-refractivity contribution is -0.167. The first-order valence-electron chi connectivity index (χ1n) is 21.4. The van der Waals surface area contributed by atoms with Crippen LogP contribution in [0.25, 0.3) is 0 Å². The van der Waals surface area contributed by atoms with Crippen molar-refractivity contribution in [2.24, 2.45) is 5.92 Å². The molecule has 0 saturated heterocycles. The van der Waals surface area contributed by atoms with E-state index in [0.29, 0.717) is 19.3 Å². The van der Waals surface area contributed by atoms with Crippen molar-refractivity contribution < 1.29 is 28.6 Å². The normalized spacial score (nSPS) is 12.5. The average Bonchev–Trinajstić information content (AvgIpc) is 3.10. The molecule has 290 valence electrons. The van der Waals surface area contributed by atoms with Crippen molar-refractivity contribution >= 4 is 17.9 Å². The Labute approximate surface area is 304 Å². The number of ether oxygens (including phenoxy) is 3. The number of hydrogen-bond donors (Lipinski definition) is 0. The van der Waals surface area contributed by atoms with E-state index in [1.165, 1.54) is 128 Å². The zero-order valence-electron chi connectivity index (χ0n) is 33.1. The van der Waals surface area contributed by atoms with E-state index >= 15 is 0 Å². The molecule has 1 unspecified atom stereocenters. The summed E-state index contributed by atoms with van der Waals surface area (Å²) in [5.41, 5.74) is 0. The fourth-order valence-electron chi connectivity index (χ4n) is 6.24. The van der Waals surface area contributed by atoms with Crippen molar-refractivity contribution in [2.75, 3.05) is 13.2 Å². The minimum atomic E-state index is -0.757. The maximum atomic E-state index is 12.6. The summed E-state index contributed by atoms with van der Waals surface area (Å²) in [4.78, 5) is 37.5. The molecule has 0 aromatic rings. The van der Waals surface area contributed by atoms with Gasteiger partial charge in [0.25, 0.3) is 0 Å². The molecule has 0 aliphatic rings. The molecular weight excluding hydrogens is 612 g/mol. The predicted molar refractivity (Wildman–Crippen MR) is 206 cm³/mol. The molecule has 0 spiro atoms. The van der Waals surface area contributed by atoms with Gasteiger partial charge in [-0.25, -0.2) is 0 Å². The fraction of sp³-hybridized carbons (Fsp3) is 0.930. The van der Waals surface area contributed by atoms with Crippen LogP contribution in [0.3, 0.4) is 0 Å². The molecule has 6 heteroatoms. The third-order valence-corrected chi connectivity index (χ3v) is 9.90. The monoisotopic (exact) mass is 695 g/mol. The summed E-state index contributed by atoms with van der Waals surface area (Å²) in [6, 6.07) is 0. The molecule has 0 rings (SSSR count). The van der Waals surface area contributed by atoms with Gasteiger partial charge in [0.1, 0.15) is 13.2 Å². The van der Waals surface area contributed by atoms with Crippen molar-refractivity contribution in [3.05, 3.63) is 0 Å². The second kappa shape index (κ2) is 37.7. The summed E-state index contributed by atoms with van der Waals surface area (Å²) in [5.74, 6) is -0.0177. The van der Waals surface area contributed by atoms with E-state index in [9.17, 15) is 14.4 Å². The Morgan fingerprint density at radius 3 is 1.06 bits per heavy atom. The quantitative estimate of drug-likeness (QED) is 0.0364. The molecule has 49 heavy (non-hydrogen) atoms. The van der Waals surface area contributed by atoms with Crippen LogP contribution in [-0.4, -0.2) is 37.2 Å². The first-order chi connectivity index (χ1) is 23.9. The van der Waals surface area contributed by atoms with Gasteiger partial charge in [-0.05, 0) is 25.2 Å². The van der Waals surface area contributed by atoms with Crippen LogP contribution in [0.2, 0.25) is 0 Å². The fourth-order valence-corrected chi connectivity index (χ4v) is 6.24. The third kappa shape index (κ3) is 36.0. The van der Waals surface area contributed by atoms with E-state index in [2.05, 4.69) is 27.7 Å². The van der Waals surface area contributed by atoms with E-state index in [4.69, 9.17) is 14.2 Å². The van der Waals surface area contributed by atoms with Crippen LogP contribution in [0.1, 0.15) is 233 Å². The summed E-state index contributed by atoms with van der Waals surface area (Å²) in [6.45, 7) is 8.94. The van der Waals surface area contributed by atoms with Crippen molar-refractivity contribution in [3.8, 4) is 0 Å². The molecule has 0 N–H and O–H groups in total. The number of unbranched alkanes of at least 4 members (excludes halogenated alkanes) is 24. The van der Waals surface area contributed by atoms with Gasteiger partial charge in [-0.2, -0.15) is 0 Å². The van der Waals surface area contributed by atoms with Crippen LogP contribution in [0.4, 0.5) is 0 Å². The standard InChI is InChI=1S/C43H82O6/c1-5-8-10-12-14-15-16-17-18-24-28-32-36-43(46)49-40(37-47-41(44)34-30-26-21-13-11-9-6-2)38-48-42(45)35-31-27-23-20-19-22-25-29-33-39(4)7-3/h39-40H,5-38H2,1-4H3/t39?,40-/m1/s1. The van der Waals surface area contributed by atoms with Gasteiger partial charge < -0.3 is 14.2 Å². The van der Waals surface area contributed by atoms with Crippen LogP contribution < -0.4 is 0 Å². The molecule has 0 aliphatic heterocycles. The van der Waals surface area contributed by atoms with Gasteiger partial charge in [0.05, 0.1) is 0 Å². The van der Waals surface area contributed by atoms with Crippen molar-refractivity contribution in [2.45, 2.75) is 239 Å². The van der Waals surface area contributed by atoms with Crippen molar-refractivity contribution in [1.29, 1.82) is 0 Å². The highest BCUT2D eigenvalue weighted by Gasteiger charge is 2.19. The maximum absolute atomic E-state index is 12.6. The SMILES string of the molecule is CCCCCCCCCCCCCCC(=O)O[C@H](COC(=O)CCCCCCCCC)COC(=O)CCCCCCCCCCC(C)CC. The zero-order valence-corrected chi connectivity index (χ0v) is 33.1. The van der Waals surface area contributed by atoms with Gasteiger partial charge >= 0.3 is 17.9 Å². The first-order valence-corrected chi connectivity index (χ1v) is 21.4. The second-order valence-corrected chi connectivity index (χ2v) is 14.9. The molecular formula is C43H82O6. The Kier molecular flexibility index (Phi) is 36.4. The highest BCUT2D eigenvalue weighted by Crippen LogP contribution is 2.16. The highest BCUT2D eigenvalue weighted by molar-refractivity contribution is 5.71. The Hall–Kier alpha value is -1.59. The Balaban J connectivity index is 4.31. The molecule has 0 fully saturated rings. The van der Waals surface area contributed by atoms with Gasteiger partial charge in [0, 0.05) is 19.3 Å². The third-order valence-electron chi connectivity index (χ3n) is 9.90. The molecule has 0 amide bonds. The topological polar surface area (TPSA) is 78.9 Å². The molecule has 0 aliphatic carbocycles. The predicted octanol–water partition coefficient (Wildman–Crippen LogP) is 13.2. The molecule has 2 atom stereocenters. The average molecular weight is 695 g/mol. The van der Waals surface area contributed by atoms with E-state index in [0.717, 1.165) is 63.7 Å². The molecule has 0 saturated carbocycles. The van der Waals surface area contributed by atoms with E-state index in [1.54, 1.807) is 0 Å². The van der Waals surface area contributed by atoms with E-state index in [1.807, 2.05) is 0 Å². The number of carbonyl (C=O) groups excluding carboxylic acids is 3. The minimum Gasteiger partial charge on any atom is -0.462 e. The van der Waals surface area contributed by atoms with Crippen LogP contribution in [0.5, 0.6) is 0 Å². The van der Waals surface area contributed by atoms with Crippen LogP contribution >= 0.6 is 0 Å². The van der Waals surface area contributed by atoms with Gasteiger partial charge in [0.15, 0.2) is 6.10 Å². The minimum absolute atomic E-state index is 0.0651. The second-order valence-electron chi connectivity index (χ2n) is 14.9. The van der Waals surface area contributed by atoms with E-state index < -0.39 is 6.10 Å². The molecule has 0 radical (unpaired) electrons. The Morgan fingerprint density at radius 1 is 0.408 bits per heavy atom. The van der Waals surface area contributed by atoms with Crippen LogP contribution in [0.15, 0.2) is 0 Å². The first kappa shape index (κ1) is 47.4. The number of carbonyl (C=O) groups is 3. The summed E-state index contributed by atoms with van der Waals surface area (Å²) < 4.78 is 16.6. The van der Waals surface area contributed by atoms with Crippen molar-refractivity contribution in [1.82, 2.24) is 0 Å². The van der Waals surface area contributed by atoms with Crippen LogP contribution in [0, 0.1) is 5.92 Å². The Morgan fingerprint density at radius 2 is 0.714 bits per heavy atom. The zero-order chi connectivity index (χ0) is 36.0. The van der Waals surface area contributed by atoms with Crippen molar-refractivity contribution in [3.63, 3.8) is 0 Å². The number of hydrogen-bond acceptors (Lipinski definition) is 6. The summed E-state index contributed by atoms with van der Waals surface area (Å²) in [6.07, 6.45) is 35.2. The molecule has 6 nitrogen and oxygen atoms in total.